The number of halogens is 5. The quantitative estimate of drug-likeness (QED) is 0.704. The number of carbonyl (C=O) groups excluding carboxylic acids is 1. The summed E-state index contributed by atoms with van der Waals surface area (Å²) in [6, 6.07) is 2.49. The van der Waals surface area contributed by atoms with Crippen LogP contribution in [0.3, 0.4) is 0 Å². The fourth-order valence-electron chi connectivity index (χ4n) is 2.28. The molecule has 1 aromatic carbocycles. The van der Waals surface area contributed by atoms with E-state index in [1.54, 1.807) is 6.07 Å². The molecule has 0 aliphatic heterocycles. The van der Waals surface area contributed by atoms with Crippen LogP contribution in [0.1, 0.15) is 23.0 Å². The van der Waals surface area contributed by atoms with Crippen molar-refractivity contribution in [2.75, 3.05) is 5.32 Å². The lowest BCUT2D eigenvalue weighted by atomic mass is 10.2. The average Bonchev–Trinajstić information content (AvgIpc) is 2.91. The van der Waals surface area contributed by atoms with Gasteiger partial charge in [-0.15, -0.1) is 0 Å². The summed E-state index contributed by atoms with van der Waals surface area (Å²) in [6.45, 7) is 0.525. The minimum atomic E-state index is -4.96. The molecule has 29 heavy (non-hydrogen) atoms. The summed E-state index contributed by atoms with van der Waals surface area (Å²) in [5, 5.41) is 10.8. The van der Waals surface area contributed by atoms with Crippen LogP contribution in [0.5, 0.6) is 0 Å². The first kappa shape index (κ1) is 22.3. The van der Waals surface area contributed by atoms with Gasteiger partial charge in [0.25, 0.3) is 5.91 Å². The number of aryl methyl sites for hydroxylation is 1. The van der Waals surface area contributed by atoms with Gasteiger partial charge >= 0.3 is 6.18 Å². The summed E-state index contributed by atoms with van der Waals surface area (Å²) >= 11 is 0. The van der Waals surface area contributed by atoms with Gasteiger partial charge in [-0.05, 0) is 19.1 Å². The first-order chi connectivity index (χ1) is 13.3. The number of sulfonamides is 1. The Morgan fingerprint density at radius 1 is 1.24 bits per heavy atom. The van der Waals surface area contributed by atoms with Gasteiger partial charge < -0.3 is 9.88 Å². The van der Waals surface area contributed by atoms with E-state index < -0.39 is 61.6 Å². The van der Waals surface area contributed by atoms with E-state index in [0.29, 0.717) is 13.1 Å². The predicted molar refractivity (Wildman–Crippen MR) is 90.3 cm³/mol. The molecule has 0 spiro atoms. The van der Waals surface area contributed by atoms with Crippen molar-refractivity contribution in [1.82, 2.24) is 9.29 Å². The normalized spacial score (nSPS) is 13.0. The van der Waals surface area contributed by atoms with E-state index in [0.717, 1.165) is 23.7 Å². The first-order valence-electron chi connectivity index (χ1n) is 7.73. The molecular formula is C16H13F5N4O3S. The molecule has 0 aliphatic rings. The summed E-state index contributed by atoms with van der Waals surface area (Å²) < 4.78 is 92.7. The van der Waals surface area contributed by atoms with Crippen LogP contribution < -0.4 is 10.0 Å². The van der Waals surface area contributed by atoms with Crippen molar-refractivity contribution in [2.45, 2.75) is 24.0 Å². The van der Waals surface area contributed by atoms with E-state index in [4.69, 9.17) is 5.26 Å². The zero-order valence-corrected chi connectivity index (χ0v) is 15.6. The topological polar surface area (TPSA) is 104 Å². The lowest BCUT2D eigenvalue weighted by molar-refractivity contribution is -0.147. The molecule has 156 valence electrons. The molecule has 1 atom stereocenters. The summed E-state index contributed by atoms with van der Waals surface area (Å²) in [6.07, 6.45) is -4.31. The summed E-state index contributed by atoms with van der Waals surface area (Å²) in [7, 11) is -3.89. The predicted octanol–water partition coefficient (Wildman–Crippen LogP) is 2.66. The van der Waals surface area contributed by atoms with Gasteiger partial charge in [0.1, 0.15) is 22.7 Å². The van der Waals surface area contributed by atoms with Gasteiger partial charge in [0.15, 0.2) is 11.6 Å². The number of nitriles is 1. The Kier molecular flexibility index (Phi) is 6.00. The minimum absolute atomic E-state index is 0.399. The molecule has 2 N–H and O–H groups in total. The average molecular weight is 436 g/mol. The lowest BCUT2D eigenvalue weighted by Crippen LogP contribution is -2.43. The molecule has 2 aromatic rings. The second-order valence-electron chi connectivity index (χ2n) is 5.88. The SMILES string of the molecule is C[C@@H](NS(=O)(=O)c1cn(C)c(C(=O)Nc2cccc(C#N)c2F)c1F)C(F)(F)F. The number of benzene rings is 1. The number of aromatic nitrogens is 1. The zero-order chi connectivity index (χ0) is 22.1. The number of hydrogen-bond acceptors (Lipinski definition) is 4. The lowest BCUT2D eigenvalue weighted by Gasteiger charge is -2.16. The number of hydrogen-bond donors (Lipinski definition) is 2. The molecule has 1 amide bonds. The van der Waals surface area contributed by atoms with E-state index >= 15 is 0 Å². The van der Waals surface area contributed by atoms with Gasteiger partial charge in [-0.25, -0.2) is 17.2 Å². The van der Waals surface area contributed by atoms with Crippen molar-refractivity contribution < 1.29 is 35.2 Å². The number of nitrogens with zero attached hydrogens (tertiary/aromatic N) is 2. The third-order valence-electron chi connectivity index (χ3n) is 3.78. The van der Waals surface area contributed by atoms with E-state index in [9.17, 15) is 35.2 Å². The van der Waals surface area contributed by atoms with Crippen LogP contribution >= 0.6 is 0 Å². The third-order valence-corrected chi connectivity index (χ3v) is 5.31. The molecule has 1 heterocycles. The summed E-state index contributed by atoms with van der Waals surface area (Å²) in [4.78, 5) is 11.1. The van der Waals surface area contributed by atoms with E-state index in [-0.39, 0.29) is 0 Å². The van der Waals surface area contributed by atoms with Crippen molar-refractivity contribution >= 4 is 21.6 Å². The van der Waals surface area contributed by atoms with Crippen molar-refractivity contribution in [3.63, 3.8) is 0 Å². The third kappa shape index (κ3) is 4.54. The van der Waals surface area contributed by atoms with Gasteiger partial charge in [0, 0.05) is 13.2 Å². The maximum atomic E-state index is 14.6. The summed E-state index contributed by atoms with van der Waals surface area (Å²) in [5.41, 5.74) is -1.74. The standard InChI is InChI=1S/C16H13F5N4O3S/c1-8(16(19,20)21)24-29(27,28)11-7-25(2)14(13(11)18)15(26)23-10-5-3-4-9(6-22)12(10)17/h3-5,7-8,24H,1-2H3,(H,23,26)/t8-/m1/s1. The van der Waals surface area contributed by atoms with Crippen molar-refractivity contribution in [3.8, 4) is 6.07 Å². The minimum Gasteiger partial charge on any atom is -0.343 e. The number of amides is 1. The van der Waals surface area contributed by atoms with Crippen molar-refractivity contribution in [3.05, 3.63) is 47.3 Å². The number of nitrogens with one attached hydrogen (secondary N) is 2. The van der Waals surface area contributed by atoms with Crippen LogP contribution in [-0.2, 0) is 17.1 Å². The molecule has 0 saturated heterocycles. The van der Waals surface area contributed by atoms with Crippen LogP contribution in [0.25, 0.3) is 0 Å². The highest BCUT2D eigenvalue weighted by atomic mass is 32.2. The molecule has 0 unspecified atom stereocenters. The maximum Gasteiger partial charge on any atom is 0.404 e. The largest absolute Gasteiger partial charge is 0.404 e. The molecule has 0 fully saturated rings. The number of alkyl halides is 3. The molecule has 2 rings (SSSR count). The van der Waals surface area contributed by atoms with Gasteiger partial charge in [0.05, 0.1) is 11.3 Å². The zero-order valence-electron chi connectivity index (χ0n) is 14.8. The smallest absolute Gasteiger partial charge is 0.343 e. The Bertz CT molecular complexity index is 1100. The number of carbonyl (C=O) groups is 1. The maximum absolute atomic E-state index is 14.6. The molecule has 0 radical (unpaired) electrons. The van der Waals surface area contributed by atoms with E-state index in [2.05, 4.69) is 0 Å². The highest BCUT2D eigenvalue weighted by molar-refractivity contribution is 7.89. The molecule has 0 saturated carbocycles. The van der Waals surface area contributed by atoms with Gasteiger partial charge in [-0.2, -0.15) is 23.2 Å². The number of rotatable bonds is 5. The van der Waals surface area contributed by atoms with Gasteiger partial charge in [0.2, 0.25) is 10.0 Å². The van der Waals surface area contributed by atoms with Crippen LogP contribution in [0.2, 0.25) is 0 Å². The Morgan fingerprint density at radius 2 is 1.86 bits per heavy atom. The fourth-order valence-corrected chi connectivity index (χ4v) is 3.63. The molecule has 0 bridgehead atoms. The number of anilines is 1. The highest BCUT2D eigenvalue weighted by Crippen LogP contribution is 2.25. The molecule has 0 aliphatic carbocycles. The Labute approximate surface area is 161 Å². The first-order valence-corrected chi connectivity index (χ1v) is 9.21. The Hall–Kier alpha value is -2.98. The molecule has 1 aromatic heterocycles. The fraction of sp³-hybridized carbons (Fsp3) is 0.250. The van der Waals surface area contributed by atoms with Crippen LogP contribution in [0.15, 0.2) is 29.3 Å². The van der Waals surface area contributed by atoms with Gasteiger partial charge in [-0.1, -0.05) is 6.07 Å². The highest BCUT2D eigenvalue weighted by Gasteiger charge is 2.40. The summed E-state index contributed by atoms with van der Waals surface area (Å²) in [5.74, 6) is -3.99. The molecule has 7 nitrogen and oxygen atoms in total. The van der Waals surface area contributed by atoms with Crippen molar-refractivity contribution in [2.24, 2.45) is 7.05 Å². The monoisotopic (exact) mass is 436 g/mol. The van der Waals surface area contributed by atoms with E-state index in [1.807, 2.05) is 5.32 Å². The van der Waals surface area contributed by atoms with E-state index in [1.165, 1.54) is 10.8 Å². The Balaban J connectivity index is 2.39. The second-order valence-corrected chi connectivity index (χ2v) is 7.57. The van der Waals surface area contributed by atoms with Crippen LogP contribution in [0, 0.1) is 23.0 Å². The second kappa shape index (κ2) is 7.80. The molecule has 13 heteroatoms. The Morgan fingerprint density at radius 3 is 2.41 bits per heavy atom. The van der Waals surface area contributed by atoms with Crippen LogP contribution in [0.4, 0.5) is 27.6 Å². The molecular weight excluding hydrogens is 423 g/mol. The van der Waals surface area contributed by atoms with Crippen molar-refractivity contribution in [1.29, 1.82) is 5.26 Å². The van der Waals surface area contributed by atoms with Crippen LogP contribution in [-0.4, -0.2) is 31.1 Å². The van der Waals surface area contributed by atoms with Gasteiger partial charge in [-0.3, -0.25) is 4.79 Å².